The lowest BCUT2D eigenvalue weighted by atomic mass is 9.77. The summed E-state index contributed by atoms with van der Waals surface area (Å²) in [6.07, 6.45) is 0.936. The first kappa shape index (κ1) is 17.5. The maximum atomic E-state index is 12.9. The zero-order chi connectivity index (χ0) is 18.0. The van der Waals surface area contributed by atoms with Crippen LogP contribution in [0.3, 0.4) is 0 Å². The number of rotatable bonds is 5. The number of benzene rings is 1. The Morgan fingerprint density at radius 3 is 2.48 bits per heavy atom. The second-order valence-corrected chi connectivity index (χ2v) is 6.34. The zero-order valence-corrected chi connectivity index (χ0v) is 14.5. The van der Waals surface area contributed by atoms with Crippen molar-refractivity contribution in [1.82, 2.24) is 0 Å². The molecule has 0 amide bonds. The summed E-state index contributed by atoms with van der Waals surface area (Å²) in [4.78, 5) is 37.7. The van der Waals surface area contributed by atoms with Crippen LogP contribution in [-0.2, 0) is 14.3 Å². The smallest absolute Gasteiger partial charge is 0.308 e. The summed E-state index contributed by atoms with van der Waals surface area (Å²) in [5.74, 6) is -0.594. The molecule has 0 unspecified atom stereocenters. The van der Waals surface area contributed by atoms with Crippen LogP contribution in [0, 0.1) is 0 Å². The molecule has 1 heterocycles. The maximum absolute atomic E-state index is 12.9. The summed E-state index contributed by atoms with van der Waals surface area (Å²) < 4.78 is 11.0. The van der Waals surface area contributed by atoms with Crippen LogP contribution >= 0.6 is 0 Å². The molecule has 5 heteroatoms. The second kappa shape index (κ2) is 7.31. The van der Waals surface area contributed by atoms with E-state index < -0.39 is 12.2 Å². The van der Waals surface area contributed by atoms with Crippen molar-refractivity contribution in [3.05, 3.63) is 46.5 Å². The van der Waals surface area contributed by atoms with Gasteiger partial charge in [-0.3, -0.25) is 14.4 Å². The number of hydrogen-bond donors (Lipinski definition) is 0. The number of hydrogen-bond acceptors (Lipinski definition) is 5. The summed E-state index contributed by atoms with van der Waals surface area (Å²) in [7, 11) is 0. The average Bonchev–Trinajstić information content (AvgIpc) is 2.60. The van der Waals surface area contributed by atoms with Gasteiger partial charge in [0.2, 0.25) is 0 Å². The van der Waals surface area contributed by atoms with Gasteiger partial charge in [-0.1, -0.05) is 37.6 Å². The fourth-order valence-corrected chi connectivity index (χ4v) is 3.57. The van der Waals surface area contributed by atoms with Crippen molar-refractivity contribution in [3.63, 3.8) is 0 Å². The second-order valence-electron chi connectivity index (χ2n) is 6.34. The largest absolute Gasteiger partial charge is 0.466 e. The predicted molar refractivity (Wildman–Crippen MR) is 91.6 cm³/mol. The van der Waals surface area contributed by atoms with Crippen molar-refractivity contribution >= 4 is 17.5 Å². The standard InChI is InChI=1S/C20H22O5/c1-3-7-16-18-15(10-12(25-16)11-17(21)24-4-2)19(22)13-8-5-6-9-14(13)20(18)23/h5-6,8-9,12,16H,3-4,7,10-11H2,1-2H3/t12-,16-/m0/s1. The van der Waals surface area contributed by atoms with Crippen LogP contribution in [-0.4, -0.2) is 36.4 Å². The molecule has 0 fully saturated rings. The number of carbonyl (C=O) groups excluding carboxylic acids is 3. The number of ether oxygens (including phenoxy) is 2. The molecule has 0 saturated carbocycles. The molecule has 0 N–H and O–H groups in total. The van der Waals surface area contributed by atoms with E-state index in [0.717, 1.165) is 6.42 Å². The fourth-order valence-electron chi connectivity index (χ4n) is 3.57. The van der Waals surface area contributed by atoms with E-state index in [4.69, 9.17) is 9.47 Å². The highest BCUT2D eigenvalue weighted by Crippen LogP contribution is 2.38. The van der Waals surface area contributed by atoms with Gasteiger partial charge in [-0.05, 0) is 13.3 Å². The van der Waals surface area contributed by atoms with Gasteiger partial charge in [0, 0.05) is 28.7 Å². The maximum Gasteiger partial charge on any atom is 0.308 e. The summed E-state index contributed by atoms with van der Waals surface area (Å²) >= 11 is 0. The Bertz CT molecular complexity index is 746. The topological polar surface area (TPSA) is 69.7 Å². The summed E-state index contributed by atoms with van der Waals surface area (Å²) in [6, 6.07) is 6.89. The molecule has 5 nitrogen and oxygen atoms in total. The van der Waals surface area contributed by atoms with E-state index in [2.05, 4.69) is 0 Å². The molecule has 0 saturated heterocycles. The van der Waals surface area contributed by atoms with Crippen LogP contribution < -0.4 is 0 Å². The minimum atomic E-state index is -0.446. The van der Waals surface area contributed by atoms with Gasteiger partial charge in [-0.15, -0.1) is 0 Å². The van der Waals surface area contributed by atoms with Crippen molar-refractivity contribution in [2.24, 2.45) is 0 Å². The lowest BCUT2D eigenvalue weighted by Crippen LogP contribution is -2.39. The Kier molecular flexibility index (Phi) is 5.13. The summed E-state index contributed by atoms with van der Waals surface area (Å²) in [6.45, 7) is 4.06. The van der Waals surface area contributed by atoms with Gasteiger partial charge in [0.25, 0.3) is 0 Å². The molecule has 3 rings (SSSR count). The van der Waals surface area contributed by atoms with Crippen LogP contribution in [0.1, 0.15) is 60.2 Å². The van der Waals surface area contributed by atoms with Gasteiger partial charge in [0.05, 0.1) is 25.2 Å². The van der Waals surface area contributed by atoms with E-state index in [1.165, 1.54) is 0 Å². The number of carbonyl (C=O) groups is 3. The first-order valence-corrected chi connectivity index (χ1v) is 8.79. The normalized spacial score (nSPS) is 22.5. The van der Waals surface area contributed by atoms with Gasteiger partial charge >= 0.3 is 5.97 Å². The van der Waals surface area contributed by atoms with Crippen molar-refractivity contribution < 1.29 is 23.9 Å². The van der Waals surface area contributed by atoms with Crippen LogP contribution in [0.4, 0.5) is 0 Å². The fraction of sp³-hybridized carbons (Fsp3) is 0.450. The molecule has 1 aliphatic carbocycles. The van der Waals surface area contributed by atoms with Gasteiger partial charge in [-0.25, -0.2) is 0 Å². The van der Waals surface area contributed by atoms with Gasteiger partial charge < -0.3 is 9.47 Å². The highest BCUT2D eigenvalue weighted by atomic mass is 16.5. The molecule has 1 aromatic rings. The molecular weight excluding hydrogens is 320 g/mol. The Hall–Kier alpha value is -2.27. The Labute approximate surface area is 147 Å². The SMILES string of the molecule is CCC[C@@H]1O[C@H](CC(=O)OCC)CC2=C1C(=O)c1ccccc1C2=O. The van der Waals surface area contributed by atoms with E-state index >= 15 is 0 Å². The first-order chi connectivity index (χ1) is 12.1. The molecule has 2 aliphatic rings. The van der Waals surface area contributed by atoms with Crippen LogP contribution in [0.2, 0.25) is 0 Å². The minimum Gasteiger partial charge on any atom is -0.466 e. The predicted octanol–water partition coefficient (Wildman–Crippen LogP) is 3.27. The van der Waals surface area contributed by atoms with Gasteiger partial charge in [-0.2, -0.15) is 0 Å². The molecule has 1 aliphatic heterocycles. The van der Waals surface area contributed by atoms with E-state index in [9.17, 15) is 14.4 Å². The highest BCUT2D eigenvalue weighted by molar-refractivity contribution is 6.27. The molecular formula is C20H22O5. The molecule has 0 aromatic heterocycles. The molecule has 25 heavy (non-hydrogen) atoms. The minimum absolute atomic E-state index is 0.0912. The number of esters is 1. The average molecular weight is 342 g/mol. The van der Waals surface area contributed by atoms with E-state index in [0.29, 0.717) is 35.3 Å². The van der Waals surface area contributed by atoms with Crippen molar-refractivity contribution in [1.29, 1.82) is 0 Å². The Morgan fingerprint density at radius 2 is 1.84 bits per heavy atom. The molecule has 0 bridgehead atoms. The van der Waals surface area contributed by atoms with Crippen LogP contribution in [0.25, 0.3) is 0 Å². The number of ketones is 2. The summed E-state index contributed by atoms with van der Waals surface area (Å²) in [5.41, 5.74) is 1.87. The third kappa shape index (κ3) is 3.29. The number of fused-ring (bicyclic) bond motifs is 1. The Balaban J connectivity index is 1.95. The third-order valence-electron chi connectivity index (χ3n) is 4.62. The van der Waals surface area contributed by atoms with Gasteiger partial charge in [0.1, 0.15) is 0 Å². The Morgan fingerprint density at radius 1 is 1.16 bits per heavy atom. The number of Topliss-reactive ketones (excluding diaryl/α,β-unsaturated/α-hetero) is 2. The van der Waals surface area contributed by atoms with Crippen LogP contribution in [0.15, 0.2) is 35.4 Å². The lowest BCUT2D eigenvalue weighted by molar-refractivity contribution is -0.147. The highest BCUT2D eigenvalue weighted by Gasteiger charge is 2.41. The first-order valence-electron chi connectivity index (χ1n) is 8.79. The zero-order valence-electron chi connectivity index (χ0n) is 14.5. The van der Waals surface area contributed by atoms with Crippen LogP contribution in [0.5, 0.6) is 0 Å². The van der Waals surface area contributed by atoms with E-state index in [1.807, 2.05) is 6.92 Å². The summed E-state index contributed by atoms with van der Waals surface area (Å²) in [5, 5.41) is 0. The van der Waals surface area contributed by atoms with Gasteiger partial charge in [0.15, 0.2) is 11.6 Å². The monoisotopic (exact) mass is 342 g/mol. The molecule has 0 radical (unpaired) electrons. The quantitative estimate of drug-likeness (QED) is 0.768. The van der Waals surface area contributed by atoms with E-state index in [-0.39, 0.29) is 30.4 Å². The van der Waals surface area contributed by atoms with E-state index in [1.54, 1.807) is 31.2 Å². The molecule has 2 atom stereocenters. The van der Waals surface area contributed by atoms with Crippen molar-refractivity contribution in [2.75, 3.05) is 6.61 Å². The third-order valence-corrected chi connectivity index (χ3v) is 4.62. The molecule has 132 valence electrons. The van der Waals surface area contributed by atoms with Crippen molar-refractivity contribution in [2.45, 2.75) is 51.7 Å². The molecule has 0 spiro atoms. The lowest BCUT2D eigenvalue weighted by Gasteiger charge is -2.35. The molecule has 1 aromatic carbocycles. The van der Waals surface area contributed by atoms with Crippen molar-refractivity contribution in [3.8, 4) is 0 Å².